The lowest BCUT2D eigenvalue weighted by molar-refractivity contribution is 0.188. The van der Waals surface area contributed by atoms with E-state index in [-0.39, 0.29) is 5.69 Å². The third-order valence-corrected chi connectivity index (χ3v) is 1.82. The van der Waals surface area contributed by atoms with Gasteiger partial charge >= 0.3 is 0 Å². The maximum absolute atomic E-state index is 12.9. The molecule has 1 N–H and O–H groups in total. The summed E-state index contributed by atoms with van der Waals surface area (Å²) in [7, 11) is 0. The minimum atomic E-state index is -0.841. The molecule has 0 saturated carbocycles. The van der Waals surface area contributed by atoms with E-state index in [1.807, 2.05) is 22.6 Å². The van der Waals surface area contributed by atoms with E-state index in [4.69, 9.17) is 5.11 Å². The van der Waals surface area contributed by atoms with E-state index in [1.54, 1.807) is 0 Å². The van der Waals surface area contributed by atoms with E-state index in [1.165, 1.54) is 19.2 Å². The normalized spacial score (nSPS) is 13.1. The van der Waals surface area contributed by atoms with E-state index < -0.39 is 11.9 Å². The van der Waals surface area contributed by atoms with Gasteiger partial charge in [-0.3, -0.25) is 4.98 Å². The smallest absolute Gasteiger partial charge is 0.148 e. The highest BCUT2D eigenvalue weighted by molar-refractivity contribution is 14.1. The van der Waals surface area contributed by atoms with E-state index >= 15 is 0 Å². The summed E-state index contributed by atoms with van der Waals surface area (Å²) in [5.41, 5.74) is 0.102. The van der Waals surface area contributed by atoms with Gasteiger partial charge in [-0.2, -0.15) is 0 Å². The largest absolute Gasteiger partial charge is 0.387 e. The molecule has 11 heavy (non-hydrogen) atoms. The molecule has 1 unspecified atom stereocenters. The molecule has 60 valence electrons. The zero-order chi connectivity index (χ0) is 8.43. The summed E-state index contributed by atoms with van der Waals surface area (Å²) in [6.45, 7) is 1.48. The van der Waals surface area contributed by atoms with Crippen LogP contribution in [0, 0.1) is 9.39 Å². The van der Waals surface area contributed by atoms with Gasteiger partial charge in [0.05, 0.1) is 6.10 Å². The van der Waals surface area contributed by atoms with Crippen LogP contribution in [-0.2, 0) is 0 Å². The van der Waals surface area contributed by atoms with Crippen molar-refractivity contribution in [1.29, 1.82) is 0 Å². The lowest BCUT2D eigenvalue weighted by Crippen LogP contribution is -1.99. The van der Waals surface area contributed by atoms with Crippen LogP contribution in [0.25, 0.3) is 0 Å². The number of pyridine rings is 1. The summed E-state index contributed by atoms with van der Waals surface area (Å²) in [5, 5.41) is 8.99. The number of aromatic nitrogens is 1. The average molecular weight is 267 g/mol. The third-order valence-electron chi connectivity index (χ3n) is 1.23. The Balaban J connectivity index is 3.09. The van der Waals surface area contributed by atoms with E-state index in [9.17, 15) is 4.39 Å². The second kappa shape index (κ2) is 3.44. The molecule has 1 aromatic rings. The molecule has 0 aliphatic carbocycles. The van der Waals surface area contributed by atoms with Gasteiger partial charge in [0, 0.05) is 9.77 Å². The van der Waals surface area contributed by atoms with Gasteiger partial charge in [-0.15, -0.1) is 0 Å². The molecule has 0 bridgehead atoms. The number of aliphatic hydroxyl groups is 1. The Labute approximate surface area is 77.6 Å². The van der Waals surface area contributed by atoms with Gasteiger partial charge in [-0.1, -0.05) is 0 Å². The van der Waals surface area contributed by atoms with Crippen LogP contribution in [-0.4, -0.2) is 10.1 Å². The summed E-state index contributed by atoms with van der Waals surface area (Å²) in [6, 6.07) is 1.34. The molecule has 0 saturated heterocycles. The topological polar surface area (TPSA) is 33.1 Å². The van der Waals surface area contributed by atoms with Gasteiger partial charge in [0.2, 0.25) is 0 Å². The second-order valence-electron chi connectivity index (χ2n) is 2.20. The molecule has 0 fully saturated rings. The van der Waals surface area contributed by atoms with Crippen LogP contribution >= 0.6 is 22.6 Å². The van der Waals surface area contributed by atoms with Gasteiger partial charge in [0.1, 0.15) is 11.5 Å². The van der Waals surface area contributed by atoms with Crippen LogP contribution in [0.1, 0.15) is 18.7 Å². The molecule has 1 aromatic heterocycles. The molecule has 1 rings (SSSR count). The number of halogens is 2. The molecule has 1 atom stereocenters. The van der Waals surface area contributed by atoms with Crippen molar-refractivity contribution in [3.8, 4) is 0 Å². The Morgan fingerprint density at radius 2 is 2.36 bits per heavy atom. The van der Waals surface area contributed by atoms with Crippen molar-refractivity contribution in [2.45, 2.75) is 13.0 Å². The van der Waals surface area contributed by atoms with Crippen molar-refractivity contribution < 1.29 is 9.50 Å². The number of hydrogen-bond donors (Lipinski definition) is 1. The minimum Gasteiger partial charge on any atom is -0.387 e. The Morgan fingerprint density at radius 3 is 2.82 bits per heavy atom. The van der Waals surface area contributed by atoms with E-state index in [2.05, 4.69) is 4.98 Å². The van der Waals surface area contributed by atoms with Crippen molar-refractivity contribution in [2.75, 3.05) is 0 Å². The molecule has 0 spiro atoms. The van der Waals surface area contributed by atoms with Crippen LogP contribution < -0.4 is 0 Å². The molecule has 0 amide bonds. The molecular formula is C7H7FINO. The first-order valence-corrected chi connectivity index (χ1v) is 4.18. The molecule has 1 heterocycles. The first kappa shape index (κ1) is 8.86. The fourth-order valence-electron chi connectivity index (χ4n) is 0.733. The van der Waals surface area contributed by atoms with E-state index in [0.29, 0.717) is 0 Å². The molecule has 0 aromatic carbocycles. The van der Waals surface area contributed by atoms with Crippen LogP contribution in [0.15, 0.2) is 12.3 Å². The van der Waals surface area contributed by atoms with Crippen molar-refractivity contribution in [3.63, 3.8) is 0 Å². The lowest BCUT2D eigenvalue weighted by Gasteiger charge is -2.03. The summed E-state index contributed by atoms with van der Waals surface area (Å²) in [5.74, 6) is -0.452. The predicted molar refractivity (Wildman–Crippen MR) is 47.5 cm³/mol. The van der Waals surface area contributed by atoms with Crippen LogP contribution in [0.3, 0.4) is 0 Å². The Hall–Kier alpha value is -0.230. The molecule has 0 aliphatic heterocycles. The second-order valence-corrected chi connectivity index (χ2v) is 3.44. The van der Waals surface area contributed by atoms with Crippen molar-refractivity contribution in [1.82, 2.24) is 4.98 Å². The lowest BCUT2D eigenvalue weighted by atomic mass is 10.2. The van der Waals surface area contributed by atoms with Crippen LogP contribution in [0.2, 0.25) is 0 Å². The Bertz CT molecular complexity index is 265. The first-order chi connectivity index (χ1) is 5.11. The Kier molecular flexibility index (Phi) is 2.78. The summed E-state index contributed by atoms with van der Waals surface area (Å²) in [4.78, 5) is 3.74. The van der Waals surface area contributed by atoms with Gasteiger partial charge in [0.25, 0.3) is 0 Å². The Morgan fingerprint density at radius 1 is 1.73 bits per heavy atom. The number of hydrogen-bond acceptors (Lipinski definition) is 2. The molecule has 4 heteroatoms. The monoisotopic (exact) mass is 267 g/mol. The maximum atomic E-state index is 12.9. The zero-order valence-corrected chi connectivity index (χ0v) is 8.04. The van der Waals surface area contributed by atoms with Crippen molar-refractivity contribution >= 4 is 22.6 Å². The van der Waals surface area contributed by atoms with Crippen molar-refractivity contribution in [2.24, 2.45) is 0 Å². The molecule has 2 nitrogen and oxygen atoms in total. The summed E-state index contributed by atoms with van der Waals surface area (Å²) >= 11 is 1.96. The quantitative estimate of drug-likeness (QED) is 0.788. The van der Waals surface area contributed by atoms with Crippen molar-refractivity contribution in [3.05, 3.63) is 27.3 Å². The van der Waals surface area contributed by atoms with E-state index in [0.717, 1.165) is 3.57 Å². The molecular weight excluding hydrogens is 260 g/mol. The zero-order valence-electron chi connectivity index (χ0n) is 5.88. The average Bonchev–Trinajstić information content (AvgIpc) is 1.85. The third kappa shape index (κ3) is 2.10. The number of nitrogens with zero attached hydrogens (tertiary/aromatic N) is 1. The van der Waals surface area contributed by atoms with Gasteiger partial charge in [0.15, 0.2) is 0 Å². The van der Waals surface area contributed by atoms with Crippen LogP contribution in [0.4, 0.5) is 4.39 Å². The van der Waals surface area contributed by atoms with Crippen LogP contribution in [0.5, 0.6) is 0 Å². The fourth-order valence-corrected chi connectivity index (χ4v) is 1.15. The van der Waals surface area contributed by atoms with Gasteiger partial charge in [-0.25, -0.2) is 4.39 Å². The van der Waals surface area contributed by atoms with Gasteiger partial charge in [-0.05, 0) is 35.6 Å². The maximum Gasteiger partial charge on any atom is 0.148 e. The summed E-state index contributed by atoms with van der Waals surface area (Å²) < 4.78 is 13.6. The molecule has 0 radical (unpaired) electrons. The highest BCUT2D eigenvalue weighted by Gasteiger charge is 2.08. The highest BCUT2D eigenvalue weighted by atomic mass is 127. The predicted octanol–water partition coefficient (Wildman–Crippen LogP) is 1.88. The standard InChI is InChI=1S/C7H7FINO/c1-4(11)7-6(8)2-5(9)3-10-7/h2-4,11H,1H3. The first-order valence-electron chi connectivity index (χ1n) is 3.10. The summed E-state index contributed by atoms with van der Waals surface area (Å²) in [6.07, 6.45) is 0.679. The fraction of sp³-hybridized carbons (Fsp3) is 0.286. The molecule has 0 aliphatic rings. The minimum absolute atomic E-state index is 0.102. The van der Waals surface area contributed by atoms with Gasteiger partial charge < -0.3 is 5.11 Å². The SMILES string of the molecule is CC(O)c1ncc(I)cc1F. The number of aliphatic hydroxyl groups excluding tert-OH is 1. The number of rotatable bonds is 1. The highest BCUT2D eigenvalue weighted by Crippen LogP contribution is 2.15.